The highest BCUT2D eigenvalue weighted by Crippen LogP contribution is 2.49. The van der Waals surface area contributed by atoms with Crippen LogP contribution in [0, 0.1) is 5.92 Å². The summed E-state index contributed by atoms with van der Waals surface area (Å²) in [6.07, 6.45) is 4.04. The minimum absolute atomic E-state index is 0.311. The second kappa shape index (κ2) is 5.94. The largest absolute Gasteiger partial charge is 0.390 e. The summed E-state index contributed by atoms with van der Waals surface area (Å²) in [4.78, 5) is 2.65. The molecule has 2 heterocycles. The van der Waals surface area contributed by atoms with E-state index in [-0.39, 0.29) is 0 Å². The zero-order valence-corrected chi connectivity index (χ0v) is 15.9. The van der Waals surface area contributed by atoms with Crippen molar-refractivity contribution in [1.82, 2.24) is 4.90 Å². The number of fused-ring (bicyclic) bond motifs is 4. The third-order valence-corrected chi connectivity index (χ3v) is 7.34. The number of rotatable bonds is 1. The monoisotopic (exact) mass is 347 g/mol. The summed E-state index contributed by atoms with van der Waals surface area (Å²) >= 11 is 0. The maximum atomic E-state index is 11.2. The number of nitrogens with zero attached hydrogens (tertiary/aromatic N) is 1. The molecule has 0 saturated carbocycles. The summed E-state index contributed by atoms with van der Waals surface area (Å²) in [6.45, 7) is 6.44. The van der Waals surface area contributed by atoms with Gasteiger partial charge < -0.3 is 5.11 Å². The SMILES string of the molecule is CC(C)[C@@]1(O)CCN2C[C@@H]3c4ccccc4CCc4cccc(c43)[C@H]2C1. The first-order valence-corrected chi connectivity index (χ1v) is 10.2. The fourth-order valence-corrected chi connectivity index (χ4v) is 5.63. The molecule has 0 bridgehead atoms. The molecule has 3 atom stereocenters. The van der Waals surface area contributed by atoms with E-state index in [0.29, 0.717) is 17.9 Å². The van der Waals surface area contributed by atoms with E-state index in [1.54, 1.807) is 5.56 Å². The van der Waals surface area contributed by atoms with Crippen molar-refractivity contribution in [2.45, 2.75) is 57.1 Å². The van der Waals surface area contributed by atoms with E-state index in [9.17, 15) is 5.11 Å². The van der Waals surface area contributed by atoms with Crippen LogP contribution in [0.4, 0.5) is 0 Å². The minimum Gasteiger partial charge on any atom is -0.390 e. The summed E-state index contributed by atoms with van der Waals surface area (Å²) in [6, 6.07) is 16.3. The Bertz CT molecular complexity index is 842. The predicted octanol–water partition coefficient (Wildman–Crippen LogP) is 4.45. The van der Waals surface area contributed by atoms with Crippen LogP contribution in [0.25, 0.3) is 0 Å². The summed E-state index contributed by atoms with van der Waals surface area (Å²) in [5.41, 5.74) is 7.11. The van der Waals surface area contributed by atoms with E-state index in [2.05, 4.69) is 61.2 Å². The van der Waals surface area contributed by atoms with Gasteiger partial charge in [-0.25, -0.2) is 0 Å². The van der Waals surface area contributed by atoms with Crippen LogP contribution in [0.2, 0.25) is 0 Å². The molecule has 1 fully saturated rings. The van der Waals surface area contributed by atoms with Gasteiger partial charge >= 0.3 is 0 Å². The third-order valence-electron chi connectivity index (χ3n) is 7.34. The molecule has 1 N–H and O–H groups in total. The molecule has 136 valence electrons. The molecule has 2 heteroatoms. The molecule has 2 aromatic rings. The van der Waals surface area contributed by atoms with Gasteiger partial charge in [-0.15, -0.1) is 0 Å². The van der Waals surface area contributed by atoms with Gasteiger partial charge in [0.1, 0.15) is 0 Å². The van der Waals surface area contributed by atoms with E-state index in [0.717, 1.165) is 38.8 Å². The molecule has 1 aliphatic carbocycles. The van der Waals surface area contributed by atoms with Crippen molar-refractivity contribution in [1.29, 1.82) is 0 Å². The second-order valence-corrected chi connectivity index (χ2v) is 8.89. The van der Waals surface area contributed by atoms with E-state index in [4.69, 9.17) is 0 Å². The first kappa shape index (κ1) is 16.5. The molecule has 0 amide bonds. The number of benzene rings is 2. The molecule has 0 unspecified atom stereocenters. The maximum Gasteiger partial charge on any atom is 0.0700 e. The standard InChI is InChI=1S/C24H29NO/c1-16(2)24(26)12-13-25-15-21-19-8-4-3-6-17(19)10-11-18-7-5-9-20(23(18)21)22(25)14-24/h3-9,16,21-22,26H,10-15H2,1-2H3/t21-,22-,24-/m1/s1. The maximum absolute atomic E-state index is 11.2. The quantitative estimate of drug-likeness (QED) is 0.823. The number of piperidine rings is 1. The average Bonchev–Trinajstić information content (AvgIpc) is 2.81. The molecule has 2 nitrogen and oxygen atoms in total. The zero-order valence-electron chi connectivity index (χ0n) is 15.9. The Labute approximate surface area is 156 Å². The van der Waals surface area contributed by atoms with E-state index < -0.39 is 5.60 Å². The minimum atomic E-state index is -0.528. The molecule has 5 rings (SSSR count). The highest BCUT2D eigenvalue weighted by molar-refractivity contribution is 5.51. The van der Waals surface area contributed by atoms with Crippen molar-refractivity contribution in [3.63, 3.8) is 0 Å². The van der Waals surface area contributed by atoms with Gasteiger partial charge in [0, 0.05) is 25.0 Å². The van der Waals surface area contributed by atoms with Gasteiger partial charge in [0.05, 0.1) is 5.60 Å². The van der Waals surface area contributed by atoms with E-state index >= 15 is 0 Å². The molecule has 2 aliphatic heterocycles. The Hall–Kier alpha value is -1.64. The molecule has 0 aromatic heterocycles. The smallest absolute Gasteiger partial charge is 0.0700 e. The van der Waals surface area contributed by atoms with Crippen molar-refractivity contribution < 1.29 is 5.11 Å². The number of aliphatic hydroxyl groups is 1. The molecule has 0 spiro atoms. The fourth-order valence-electron chi connectivity index (χ4n) is 5.63. The highest BCUT2D eigenvalue weighted by atomic mass is 16.3. The Balaban J connectivity index is 1.65. The van der Waals surface area contributed by atoms with Crippen LogP contribution >= 0.6 is 0 Å². The van der Waals surface area contributed by atoms with Gasteiger partial charge in [0.2, 0.25) is 0 Å². The van der Waals surface area contributed by atoms with Crippen molar-refractivity contribution in [3.05, 3.63) is 70.3 Å². The molecule has 3 aliphatic rings. The van der Waals surface area contributed by atoms with Crippen LogP contribution in [-0.4, -0.2) is 28.7 Å². The van der Waals surface area contributed by atoms with Crippen LogP contribution in [0.1, 0.15) is 66.5 Å². The lowest BCUT2D eigenvalue weighted by molar-refractivity contribution is -0.0822. The van der Waals surface area contributed by atoms with Gasteiger partial charge in [-0.05, 0) is 59.4 Å². The molecule has 0 radical (unpaired) electrons. The Kier molecular flexibility index (Phi) is 3.77. The number of hydrogen-bond donors (Lipinski definition) is 1. The Morgan fingerprint density at radius 2 is 1.73 bits per heavy atom. The number of hydrogen-bond acceptors (Lipinski definition) is 2. The predicted molar refractivity (Wildman–Crippen MR) is 105 cm³/mol. The Morgan fingerprint density at radius 1 is 1.00 bits per heavy atom. The van der Waals surface area contributed by atoms with Crippen LogP contribution < -0.4 is 0 Å². The van der Waals surface area contributed by atoms with Gasteiger partial charge in [-0.1, -0.05) is 56.3 Å². The molecular formula is C24H29NO. The van der Waals surface area contributed by atoms with Gasteiger partial charge in [0.15, 0.2) is 0 Å². The lowest BCUT2D eigenvalue weighted by Crippen LogP contribution is -2.51. The van der Waals surface area contributed by atoms with Gasteiger partial charge in [-0.3, -0.25) is 4.90 Å². The Morgan fingerprint density at radius 3 is 2.58 bits per heavy atom. The van der Waals surface area contributed by atoms with E-state index in [1.807, 2.05) is 0 Å². The summed E-state index contributed by atoms with van der Waals surface area (Å²) < 4.78 is 0. The first-order chi connectivity index (χ1) is 12.6. The van der Waals surface area contributed by atoms with E-state index in [1.165, 1.54) is 22.3 Å². The molecule has 2 aromatic carbocycles. The first-order valence-electron chi connectivity index (χ1n) is 10.2. The summed E-state index contributed by atoms with van der Waals surface area (Å²) in [7, 11) is 0. The van der Waals surface area contributed by atoms with Crippen LogP contribution in [0.15, 0.2) is 42.5 Å². The van der Waals surface area contributed by atoms with Crippen molar-refractivity contribution in [2.24, 2.45) is 5.92 Å². The fraction of sp³-hybridized carbons (Fsp3) is 0.500. The second-order valence-electron chi connectivity index (χ2n) is 8.89. The van der Waals surface area contributed by atoms with Crippen LogP contribution in [0.3, 0.4) is 0 Å². The van der Waals surface area contributed by atoms with Crippen molar-refractivity contribution in [2.75, 3.05) is 13.1 Å². The summed E-state index contributed by atoms with van der Waals surface area (Å²) in [5, 5.41) is 11.2. The van der Waals surface area contributed by atoms with Crippen LogP contribution in [0.5, 0.6) is 0 Å². The lowest BCUT2D eigenvalue weighted by Gasteiger charge is -2.50. The van der Waals surface area contributed by atoms with Crippen LogP contribution in [-0.2, 0) is 12.8 Å². The third kappa shape index (κ3) is 2.39. The average molecular weight is 348 g/mol. The molecule has 26 heavy (non-hydrogen) atoms. The van der Waals surface area contributed by atoms with Crippen molar-refractivity contribution in [3.8, 4) is 0 Å². The molecular weight excluding hydrogens is 318 g/mol. The van der Waals surface area contributed by atoms with Gasteiger partial charge in [0.25, 0.3) is 0 Å². The highest BCUT2D eigenvalue weighted by Gasteiger charge is 2.45. The molecule has 1 saturated heterocycles. The lowest BCUT2D eigenvalue weighted by atomic mass is 9.71. The van der Waals surface area contributed by atoms with Gasteiger partial charge in [-0.2, -0.15) is 0 Å². The number of aryl methyl sites for hydroxylation is 2. The normalized spacial score (nSPS) is 30.3. The summed E-state index contributed by atoms with van der Waals surface area (Å²) in [5.74, 6) is 0.798. The zero-order chi connectivity index (χ0) is 17.9. The van der Waals surface area contributed by atoms with Crippen molar-refractivity contribution >= 4 is 0 Å². The topological polar surface area (TPSA) is 23.5 Å².